The molecule has 0 unspecified atom stereocenters. The number of carbonyl (C=O) groups excluding carboxylic acids is 4. The van der Waals surface area contributed by atoms with E-state index in [1.54, 1.807) is 12.1 Å². The van der Waals surface area contributed by atoms with Gasteiger partial charge in [0.05, 0.1) is 78.0 Å². The van der Waals surface area contributed by atoms with E-state index in [2.05, 4.69) is 65.4 Å². The van der Waals surface area contributed by atoms with Crippen LogP contribution in [0, 0.1) is 0 Å². The van der Waals surface area contributed by atoms with Crippen LogP contribution < -0.4 is 37.6 Å². The van der Waals surface area contributed by atoms with Gasteiger partial charge in [0.25, 0.3) is 11.8 Å². The number of nitrogens with two attached hydrogens (primary N) is 1. The number of carbonyl (C=O) groups is 4. The van der Waals surface area contributed by atoms with Crippen molar-refractivity contribution >= 4 is 74.4 Å². The van der Waals surface area contributed by atoms with Crippen molar-refractivity contribution in [3.05, 3.63) is 78.6 Å². The van der Waals surface area contributed by atoms with Gasteiger partial charge in [0, 0.05) is 62.8 Å². The standard InChI is InChI=1S/C13H18N4O3.C11H11N3O3.C11H15N3O.S3.H2S/c1-2-14-13(20)16-11-9(18)6-8-10(11)15-12(19)7-4-3-5-17(7)8;15-10-5-2-1-3-14(5)6-4-7-9(8(6)12-10)13-11(16)17-7;1-6-7-3-2-4-14(7)8-5-9(15)10(12)11(8)13-6;1-3-2;/h3-5,8-11,18H,2,6H2,1H3,(H,15,19)(H2,14,16,20);1-3,6-9H,4H2,(H,12,15)(H,13,16);2-4,8-11,13,15H,1,5,12H2;;1H2/t8-,9-,10-,11-;6-,7-,8-,9-;8-,9-,10-,11-;;/m111../s1. The summed E-state index contributed by atoms with van der Waals surface area (Å²) in [5.41, 5.74) is 9.22. The van der Waals surface area contributed by atoms with Crippen LogP contribution in [-0.4, -0.2) is 109 Å². The van der Waals surface area contributed by atoms with Gasteiger partial charge in [-0.25, -0.2) is 9.59 Å². The maximum Gasteiger partial charge on any atom is 0.407 e. The highest BCUT2D eigenvalue weighted by molar-refractivity contribution is 8.37. The van der Waals surface area contributed by atoms with E-state index in [-0.39, 0.29) is 91.9 Å². The zero-order valence-corrected chi connectivity index (χ0v) is 33.7. The summed E-state index contributed by atoms with van der Waals surface area (Å²) in [4.78, 5) is 46.7. The molecule has 4 aliphatic heterocycles. The van der Waals surface area contributed by atoms with Gasteiger partial charge in [-0.1, -0.05) is 6.58 Å². The molecule has 302 valence electrons. The van der Waals surface area contributed by atoms with Gasteiger partial charge in [-0.2, -0.15) is 13.5 Å². The van der Waals surface area contributed by atoms with Gasteiger partial charge >= 0.3 is 12.1 Å². The van der Waals surface area contributed by atoms with Gasteiger partial charge in [-0.15, -0.1) is 0 Å². The number of fused-ring (bicyclic) bond motifs is 11. The summed E-state index contributed by atoms with van der Waals surface area (Å²) in [6.45, 7) is 6.31. The summed E-state index contributed by atoms with van der Waals surface area (Å²) in [6.07, 6.45) is 6.13. The Hall–Kier alpha value is -4.25. The third-order valence-corrected chi connectivity index (χ3v) is 11.4. The normalized spacial score (nSPS) is 33.1. The molecule has 10 rings (SSSR count). The first kappa shape index (κ1) is 41.4. The molecule has 10 N–H and O–H groups in total. The van der Waals surface area contributed by atoms with Gasteiger partial charge in [-0.3, -0.25) is 9.59 Å². The lowest BCUT2D eigenvalue weighted by Gasteiger charge is -2.33. The zero-order chi connectivity index (χ0) is 39.1. The summed E-state index contributed by atoms with van der Waals surface area (Å²) < 4.78 is 11.2. The van der Waals surface area contributed by atoms with E-state index in [1.165, 1.54) is 0 Å². The minimum absolute atomic E-state index is 0. The quantitative estimate of drug-likeness (QED) is 0.164. The van der Waals surface area contributed by atoms with E-state index >= 15 is 0 Å². The van der Waals surface area contributed by atoms with Crippen molar-refractivity contribution in [1.82, 2.24) is 45.6 Å². The molecule has 17 nitrogen and oxygen atoms in total. The number of aromatic nitrogens is 3. The molecular formula is C35H46N10O7S4. The molecule has 0 bridgehead atoms. The van der Waals surface area contributed by atoms with Crippen LogP contribution in [-0.2, 0) is 36.0 Å². The lowest BCUT2D eigenvalue weighted by atomic mass is 10.1. The number of urea groups is 1. The molecule has 0 spiro atoms. The number of ether oxygens (including phenoxy) is 1. The fraction of sp³-hybridized carbons (Fsp3) is 0.486. The predicted octanol–water partition coefficient (Wildman–Crippen LogP) is -0.215. The smallest absolute Gasteiger partial charge is 0.407 e. The Kier molecular flexibility index (Phi) is 12.6. The summed E-state index contributed by atoms with van der Waals surface area (Å²) >= 11 is 8.25. The van der Waals surface area contributed by atoms with Crippen LogP contribution in [0.15, 0.2) is 61.6 Å². The summed E-state index contributed by atoms with van der Waals surface area (Å²) in [5, 5.41) is 37.2. The van der Waals surface area contributed by atoms with Crippen molar-refractivity contribution in [2.75, 3.05) is 6.54 Å². The molecule has 7 aliphatic rings. The van der Waals surface area contributed by atoms with Crippen molar-refractivity contribution in [2.45, 2.75) is 98.9 Å². The molecule has 3 aromatic rings. The van der Waals surface area contributed by atoms with E-state index in [0.29, 0.717) is 30.8 Å². The van der Waals surface area contributed by atoms with E-state index < -0.39 is 18.2 Å². The largest absolute Gasteiger partial charge is 0.444 e. The van der Waals surface area contributed by atoms with Gasteiger partial charge in [0.2, 0.25) is 0 Å². The van der Waals surface area contributed by atoms with E-state index in [1.807, 2.05) is 58.9 Å². The Morgan fingerprint density at radius 1 is 0.839 bits per heavy atom. The Labute approximate surface area is 342 Å². The zero-order valence-electron chi connectivity index (χ0n) is 30.2. The number of alkyl carbamates (subject to hydrolysis) is 1. The lowest BCUT2D eigenvalue weighted by molar-refractivity contribution is 0.0869. The second-order valence-corrected chi connectivity index (χ2v) is 16.2. The second-order valence-electron chi connectivity index (χ2n) is 14.4. The molecule has 3 saturated carbocycles. The monoisotopic (exact) mass is 846 g/mol. The third-order valence-electron chi connectivity index (χ3n) is 11.4. The molecule has 3 aliphatic carbocycles. The average molecular weight is 847 g/mol. The van der Waals surface area contributed by atoms with E-state index in [9.17, 15) is 29.4 Å². The number of rotatable bonds is 2. The Morgan fingerprint density at radius 3 is 1.96 bits per heavy atom. The predicted molar refractivity (Wildman–Crippen MR) is 218 cm³/mol. The van der Waals surface area contributed by atoms with E-state index in [4.69, 9.17) is 10.5 Å². The maximum atomic E-state index is 12.0. The van der Waals surface area contributed by atoms with Crippen molar-refractivity contribution in [1.29, 1.82) is 0 Å². The topological polar surface area (TPSA) is 231 Å². The van der Waals surface area contributed by atoms with Crippen LogP contribution in [0.1, 0.15) is 71.0 Å². The molecule has 0 aromatic carbocycles. The Morgan fingerprint density at radius 2 is 1.36 bits per heavy atom. The molecule has 56 heavy (non-hydrogen) atoms. The van der Waals surface area contributed by atoms with Crippen molar-refractivity contribution in [3.8, 4) is 0 Å². The Bertz CT molecular complexity index is 2020. The van der Waals surface area contributed by atoms with Crippen molar-refractivity contribution < 1.29 is 34.1 Å². The number of nitrogens with one attached hydrogen (secondary N) is 6. The van der Waals surface area contributed by atoms with Crippen LogP contribution in [0.3, 0.4) is 0 Å². The van der Waals surface area contributed by atoms with Gasteiger partial charge in [-0.05, 0) is 56.2 Å². The molecule has 21 heteroatoms. The van der Waals surface area contributed by atoms with Gasteiger partial charge in [0.1, 0.15) is 17.5 Å². The first-order valence-electron chi connectivity index (χ1n) is 18.1. The third kappa shape index (κ3) is 7.60. The number of nitrogens with zero attached hydrogens (tertiary/aromatic N) is 3. The molecule has 12 atom stereocenters. The number of amides is 5. The molecule has 0 radical (unpaired) electrons. The minimum atomic E-state index is -0.679. The van der Waals surface area contributed by atoms with Gasteiger partial charge in [0.15, 0.2) is 0 Å². The first-order valence-corrected chi connectivity index (χ1v) is 20.7. The average Bonchev–Trinajstić information content (AvgIpc) is 4.00. The second kappa shape index (κ2) is 17.1. The minimum Gasteiger partial charge on any atom is -0.444 e. The van der Waals surface area contributed by atoms with Gasteiger partial charge < -0.3 is 66.3 Å². The molecule has 5 amide bonds. The van der Waals surface area contributed by atoms with Crippen molar-refractivity contribution in [2.24, 2.45) is 5.73 Å². The van der Waals surface area contributed by atoms with Crippen LogP contribution in [0.25, 0.3) is 5.70 Å². The van der Waals surface area contributed by atoms with Crippen LogP contribution in [0.5, 0.6) is 0 Å². The van der Waals surface area contributed by atoms with E-state index in [0.717, 1.165) is 26.7 Å². The molecular weight excluding hydrogens is 801 g/mol. The maximum absolute atomic E-state index is 12.0. The summed E-state index contributed by atoms with van der Waals surface area (Å²) in [6, 6.07) is 10.3. The highest BCUT2D eigenvalue weighted by Gasteiger charge is 2.53. The highest BCUT2D eigenvalue weighted by atomic mass is 33.1. The van der Waals surface area contributed by atoms with Crippen LogP contribution >= 0.6 is 13.5 Å². The number of hydrogen-bond donors (Lipinski definition) is 9. The molecule has 4 fully saturated rings. The first-order chi connectivity index (χ1) is 26.4. The fourth-order valence-corrected chi connectivity index (χ4v) is 9.07. The lowest BCUT2D eigenvalue weighted by Crippen LogP contribution is -2.58. The summed E-state index contributed by atoms with van der Waals surface area (Å²) in [7, 11) is 0.917. The molecule has 3 aromatic heterocycles. The summed E-state index contributed by atoms with van der Waals surface area (Å²) in [5.74, 6) is -0.258. The van der Waals surface area contributed by atoms with Crippen LogP contribution in [0.4, 0.5) is 9.59 Å². The molecule has 1 saturated heterocycles. The SMILES string of the molecule is C=C1N[C@H]2[C@H](N)[C@H](O)C[C@H]2n2cccc21.CCNC(=O)N[C@H]1[C@@H]2NC(=O)c3cccn3[C@@H]2C[C@H]1O.O=C1N[C@H]2[C@@H]3NC(=O)c4cccn4[C@@H]3C[C@H]2O1.S.S=S=S. The number of aliphatic hydroxyl groups excluding tert-OH is 2. The number of aliphatic hydroxyl groups is 2. The van der Waals surface area contributed by atoms with Crippen molar-refractivity contribution in [3.63, 3.8) is 0 Å². The number of hydrogen-bond acceptors (Lipinski definition) is 11. The van der Waals surface area contributed by atoms with Crippen LogP contribution in [0.2, 0.25) is 0 Å². The highest BCUT2D eigenvalue weighted by Crippen LogP contribution is 2.39. The fourth-order valence-electron chi connectivity index (χ4n) is 9.07. The Balaban J connectivity index is 0.000000137. The molecule has 7 heterocycles.